The second kappa shape index (κ2) is 12.4. The molecule has 1 aromatic heterocycles. The van der Waals surface area contributed by atoms with Crippen LogP contribution in [0.25, 0.3) is 11.1 Å². The van der Waals surface area contributed by atoms with Gasteiger partial charge in [0.1, 0.15) is 23.8 Å². The molecule has 198 valence electrons. The van der Waals surface area contributed by atoms with Crippen LogP contribution in [0.4, 0.5) is 22.8 Å². The van der Waals surface area contributed by atoms with E-state index in [-0.39, 0.29) is 39.2 Å². The van der Waals surface area contributed by atoms with Gasteiger partial charge in [-0.05, 0) is 52.8 Å². The standard InChI is InChI=1S/C23H27Cl2F3N4O4/c1-6-32(31-22(34)36-23(3,4)5)21(33)30-12(2)19-17(26)7-13(10-29-19)15-8-14(24)9-16(25)20(15)35-11-18(27)28/h7-10,12,18H,6,11H2,1-5H3,(H,30,33)(H,31,34)/t12-/m1/s1. The number of aromatic nitrogens is 1. The molecule has 3 amide bonds. The van der Waals surface area contributed by atoms with Gasteiger partial charge in [-0.1, -0.05) is 23.2 Å². The minimum absolute atomic E-state index is 0.0274. The molecule has 0 saturated carbocycles. The van der Waals surface area contributed by atoms with Gasteiger partial charge in [0.2, 0.25) is 0 Å². The lowest BCUT2D eigenvalue weighted by Gasteiger charge is -2.26. The SMILES string of the molecule is CCN(NC(=O)OC(C)(C)C)C(=O)N[C@H](C)c1ncc(-c2cc(Cl)cc(Cl)c2OCC(F)F)cc1F. The first kappa shape index (κ1) is 29.3. The number of rotatable bonds is 7. The molecule has 1 heterocycles. The summed E-state index contributed by atoms with van der Waals surface area (Å²) in [6.45, 7) is 7.33. The summed E-state index contributed by atoms with van der Waals surface area (Å²) in [6.07, 6.45) is -2.31. The van der Waals surface area contributed by atoms with Gasteiger partial charge in [0.15, 0.2) is 0 Å². The average molecular weight is 551 g/mol. The molecule has 1 atom stereocenters. The maximum absolute atomic E-state index is 15.0. The molecule has 8 nitrogen and oxygen atoms in total. The number of amides is 3. The van der Waals surface area contributed by atoms with Crippen LogP contribution < -0.4 is 15.5 Å². The number of ether oxygens (including phenoxy) is 2. The highest BCUT2D eigenvalue weighted by Gasteiger charge is 2.24. The predicted molar refractivity (Wildman–Crippen MR) is 130 cm³/mol. The lowest BCUT2D eigenvalue weighted by molar-refractivity contribution is 0.0381. The summed E-state index contributed by atoms with van der Waals surface area (Å²) < 4.78 is 50.6. The van der Waals surface area contributed by atoms with Gasteiger partial charge >= 0.3 is 12.1 Å². The van der Waals surface area contributed by atoms with Gasteiger partial charge in [0, 0.05) is 28.9 Å². The van der Waals surface area contributed by atoms with Crippen molar-refractivity contribution in [2.45, 2.75) is 52.7 Å². The van der Waals surface area contributed by atoms with E-state index < -0.39 is 42.6 Å². The van der Waals surface area contributed by atoms with Crippen LogP contribution in [0.5, 0.6) is 5.75 Å². The minimum Gasteiger partial charge on any atom is -0.485 e. The Bertz CT molecular complexity index is 1100. The molecule has 13 heteroatoms. The molecular formula is C23H27Cl2F3N4O4. The fourth-order valence-corrected chi connectivity index (χ4v) is 3.55. The van der Waals surface area contributed by atoms with Crippen LogP contribution in [0.1, 0.15) is 46.4 Å². The van der Waals surface area contributed by atoms with Crippen molar-refractivity contribution in [2.75, 3.05) is 13.2 Å². The van der Waals surface area contributed by atoms with Gasteiger partial charge in [0.05, 0.1) is 16.8 Å². The Hall–Kier alpha value is -2.92. The van der Waals surface area contributed by atoms with E-state index in [1.807, 2.05) is 0 Å². The largest absolute Gasteiger partial charge is 0.485 e. The second-order valence-electron chi connectivity index (χ2n) is 8.59. The Morgan fingerprint density at radius 3 is 2.42 bits per heavy atom. The monoisotopic (exact) mass is 550 g/mol. The van der Waals surface area contributed by atoms with E-state index in [1.165, 1.54) is 25.3 Å². The molecule has 0 fully saturated rings. The Kier molecular flexibility index (Phi) is 10.1. The zero-order chi connectivity index (χ0) is 27.2. The molecular weight excluding hydrogens is 524 g/mol. The quantitative estimate of drug-likeness (QED) is 0.390. The summed E-state index contributed by atoms with van der Waals surface area (Å²) in [5.41, 5.74) is 1.78. The number of nitrogens with one attached hydrogen (secondary N) is 2. The highest BCUT2D eigenvalue weighted by atomic mass is 35.5. The van der Waals surface area contributed by atoms with Crippen LogP contribution in [-0.4, -0.2) is 47.3 Å². The van der Waals surface area contributed by atoms with E-state index in [1.54, 1.807) is 27.7 Å². The number of carbonyl (C=O) groups excluding carboxylic acids is 2. The molecule has 2 N–H and O–H groups in total. The summed E-state index contributed by atoms with van der Waals surface area (Å²) in [4.78, 5) is 28.7. The van der Waals surface area contributed by atoms with Crippen LogP contribution in [-0.2, 0) is 4.74 Å². The van der Waals surface area contributed by atoms with Crippen molar-refractivity contribution in [2.24, 2.45) is 0 Å². The van der Waals surface area contributed by atoms with Crippen LogP contribution in [0.2, 0.25) is 10.0 Å². The number of pyridine rings is 1. The molecule has 0 unspecified atom stereocenters. The summed E-state index contributed by atoms with van der Waals surface area (Å²) >= 11 is 12.1. The maximum atomic E-state index is 15.0. The third-order valence-corrected chi connectivity index (χ3v) is 4.98. The second-order valence-corrected chi connectivity index (χ2v) is 9.43. The zero-order valence-electron chi connectivity index (χ0n) is 20.3. The summed E-state index contributed by atoms with van der Waals surface area (Å²) in [7, 11) is 0. The number of nitrogens with zero attached hydrogens (tertiary/aromatic N) is 2. The van der Waals surface area contributed by atoms with Crippen LogP contribution in [0.15, 0.2) is 24.4 Å². The molecule has 36 heavy (non-hydrogen) atoms. The minimum atomic E-state index is -2.75. The van der Waals surface area contributed by atoms with E-state index in [9.17, 15) is 18.4 Å². The van der Waals surface area contributed by atoms with Crippen molar-refractivity contribution in [1.29, 1.82) is 0 Å². The van der Waals surface area contributed by atoms with Gasteiger partial charge in [-0.3, -0.25) is 4.98 Å². The van der Waals surface area contributed by atoms with Gasteiger partial charge in [-0.25, -0.2) is 33.2 Å². The van der Waals surface area contributed by atoms with Crippen molar-refractivity contribution in [3.8, 4) is 16.9 Å². The van der Waals surface area contributed by atoms with Crippen molar-refractivity contribution in [3.63, 3.8) is 0 Å². The lowest BCUT2D eigenvalue weighted by Crippen LogP contribution is -2.52. The molecule has 1 aromatic carbocycles. The number of halogens is 5. The molecule has 2 aromatic rings. The smallest absolute Gasteiger partial charge is 0.426 e. The number of hydrazine groups is 1. The van der Waals surface area contributed by atoms with E-state index in [0.717, 1.165) is 11.1 Å². The van der Waals surface area contributed by atoms with Gasteiger partial charge in [0.25, 0.3) is 6.43 Å². The maximum Gasteiger partial charge on any atom is 0.426 e. The number of urea groups is 1. The first-order valence-electron chi connectivity index (χ1n) is 10.8. The van der Waals surface area contributed by atoms with Crippen molar-refractivity contribution >= 4 is 35.3 Å². The van der Waals surface area contributed by atoms with E-state index in [0.29, 0.717) is 0 Å². The summed E-state index contributed by atoms with van der Waals surface area (Å²) in [5, 5.41) is 3.67. The summed E-state index contributed by atoms with van der Waals surface area (Å²) in [5.74, 6) is -0.886. The zero-order valence-corrected chi connectivity index (χ0v) is 21.8. The highest BCUT2D eigenvalue weighted by Crippen LogP contribution is 2.39. The topological polar surface area (TPSA) is 92.8 Å². The molecule has 0 saturated heterocycles. The molecule has 0 aliphatic heterocycles. The Balaban J connectivity index is 2.22. The van der Waals surface area contributed by atoms with Crippen LogP contribution in [0.3, 0.4) is 0 Å². The molecule has 0 aliphatic rings. The van der Waals surface area contributed by atoms with Gasteiger partial charge in [-0.15, -0.1) is 0 Å². The van der Waals surface area contributed by atoms with Crippen LogP contribution >= 0.6 is 23.2 Å². The van der Waals surface area contributed by atoms with Crippen molar-refractivity contribution in [3.05, 3.63) is 46.0 Å². The fraction of sp³-hybridized carbons (Fsp3) is 0.435. The van der Waals surface area contributed by atoms with Crippen molar-refractivity contribution in [1.82, 2.24) is 20.7 Å². The Labute approximate surface area is 217 Å². The molecule has 0 radical (unpaired) electrons. The highest BCUT2D eigenvalue weighted by molar-refractivity contribution is 6.36. The third kappa shape index (κ3) is 8.34. The Morgan fingerprint density at radius 1 is 1.19 bits per heavy atom. The first-order chi connectivity index (χ1) is 16.7. The first-order valence-corrected chi connectivity index (χ1v) is 11.6. The normalized spacial score (nSPS) is 12.2. The molecule has 0 spiro atoms. The van der Waals surface area contributed by atoms with Gasteiger partial charge < -0.3 is 14.8 Å². The number of alkyl halides is 2. The summed E-state index contributed by atoms with van der Waals surface area (Å²) in [6, 6.07) is 2.17. The number of hydrogen-bond acceptors (Lipinski definition) is 5. The van der Waals surface area contributed by atoms with Crippen molar-refractivity contribution < 1.29 is 32.2 Å². The van der Waals surface area contributed by atoms with E-state index in [4.69, 9.17) is 32.7 Å². The van der Waals surface area contributed by atoms with Crippen LogP contribution in [0, 0.1) is 5.82 Å². The lowest BCUT2D eigenvalue weighted by atomic mass is 10.0. The number of benzene rings is 1. The van der Waals surface area contributed by atoms with E-state index >= 15 is 4.39 Å². The average Bonchev–Trinajstić information content (AvgIpc) is 2.74. The number of hydrogen-bond donors (Lipinski definition) is 2. The number of carbonyl (C=O) groups is 2. The Morgan fingerprint density at radius 2 is 1.86 bits per heavy atom. The molecule has 2 rings (SSSR count). The third-order valence-electron chi connectivity index (χ3n) is 4.48. The fourth-order valence-electron chi connectivity index (χ4n) is 3.00. The van der Waals surface area contributed by atoms with Gasteiger partial charge in [-0.2, -0.15) is 0 Å². The van der Waals surface area contributed by atoms with E-state index in [2.05, 4.69) is 15.7 Å². The molecule has 0 aliphatic carbocycles. The predicted octanol–water partition coefficient (Wildman–Crippen LogP) is 6.37. The molecule has 0 bridgehead atoms.